The molecule has 0 bridgehead atoms. The van der Waals surface area contributed by atoms with Crippen LogP contribution in [0.5, 0.6) is 0 Å². The minimum absolute atomic E-state index is 0.180. The maximum atomic E-state index is 16.0. The van der Waals surface area contributed by atoms with E-state index in [1.54, 1.807) is 12.1 Å². The summed E-state index contributed by atoms with van der Waals surface area (Å²) in [4.78, 5) is 4.08. The molecule has 2 nitrogen and oxygen atoms in total. The van der Waals surface area contributed by atoms with Crippen molar-refractivity contribution in [2.75, 3.05) is 9.80 Å². The van der Waals surface area contributed by atoms with E-state index in [-0.39, 0.29) is 23.5 Å². The molecule has 4 heteroatoms. The molecule has 0 aromatic heterocycles. The van der Waals surface area contributed by atoms with Crippen molar-refractivity contribution in [1.29, 1.82) is 0 Å². The van der Waals surface area contributed by atoms with Gasteiger partial charge in [-0.25, -0.2) is 8.78 Å². The van der Waals surface area contributed by atoms with Crippen LogP contribution >= 0.6 is 0 Å². The number of benzene rings is 10. The molecule has 0 amide bonds. The van der Waals surface area contributed by atoms with E-state index in [1.807, 2.05) is 94.7 Å². The van der Waals surface area contributed by atoms with Crippen molar-refractivity contribution in [3.05, 3.63) is 251 Å². The van der Waals surface area contributed by atoms with Crippen LogP contribution in [0, 0.1) is 11.6 Å². The van der Waals surface area contributed by atoms with Crippen LogP contribution in [0.2, 0.25) is 0 Å². The van der Waals surface area contributed by atoms with Crippen molar-refractivity contribution < 1.29 is 8.78 Å². The van der Waals surface area contributed by atoms with Gasteiger partial charge in [0.2, 0.25) is 0 Å². The summed E-state index contributed by atoms with van der Waals surface area (Å²) in [5.41, 5.74) is 16.3. The first-order valence-corrected chi connectivity index (χ1v) is 23.4. The largest absolute Gasteiger partial charge is 0.308 e. The Morgan fingerprint density at radius 1 is 0.343 bits per heavy atom. The molecule has 0 aliphatic heterocycles. The summed E-state index contributed by atoms with van der Waals surface area (Å²) in [5, 5.41) is 4.66. The van der Waals surface area contributed by atoms with Crippen LogP contribution in [-0.4, -0.2) is 0 Å². The second kappa shape index (κ2) is 15.7. The molecule has 2 aliphatic rings. The van der Waals surface area contributed by atoms with Gasteiger partial charge in [0, 0.05) is 22.7 Å². The summed E-state index contributed by atoms with van der Waals surface area (Å²) in [6.07, 6.45) is 0. The average molecular weight is 871 g/mol. The van der Waals surface area contributed by atoms with E-state index < -0.39 is 5.41 Å². The van der Waals surface area contributed by atoms with E-state index in [9.17, 15) is 0 Å². The summed E-state index contributed by atoms with van der Waals surface area (Å²) in [7, 11) is 0. The van der Waals surface area contributed by atoms with Crippen LogP contribution in [0.25, 0.3) is 43.8 Å². The lowest BCUT2D eigenvalue weighted by Crippen LogP contribution is -2.27. The Morgan fingerprint density at radius 2 is 0.716 bits per heavy atom. The molecule has 324 valence electrons. The average Bonchev–Trinajstić information content (AvgIpc) is 3.82. The molecule has 12 rings (SSSR count). The zero-order valence-corrected chi connectivity index (χ0v) is 37.9. The maximum Gasteiger partial charge on any atom is 0.147 e. The van der Waals surface area contributed by atoms with Crippen molar-refractivity contribution in [2.24, 2.45) is 0 Å². The van der Waals surface area contributed by atoms with Crippen LogP contribution < -0.4 is 9.80 Å². The standard InChI is InChI=1S/C63H48F2N2/c1-39(2)49-37-53-54-38-50(40(3)4)52-36-44(67(42-21-9-6-10-22-42)60-30-18-16-28-58(60)65)32-34-48(52)62(54)63(55-25-13-11-23-45(55)46-24-12-14-26-56(46)63)61(53)47-33-31-43(35-51(47)49)66(41-19-7-5-8-20-41)59-29-17-15-27-57(59)64/h5-40H,1-4H3. The van der Waals surface area contributed by atoms with Crippen LogP contribution in [0.3, 0.4) is 0 Å². The molecule has 0 saturated carbocycles. The minimum atomic E-state index is -0.683. The Labute approximate surface area is 391 Å². The van der Waals surface area contributed by atoms with E-state index in [2.05, 4.69) is 125 Å². The fourth-order valence-electron chi connectivity index (χ4n) is 11.5. The number of nitrogens with zero attached hydrogens (tertiary/aromatic N) is 2. The van der Waals surface area contributed by atoms with Crippen molar-refractivity contribution >= 4 is 55.7 Å². The number of hydrogen-bond acceptors (Lipinski definition) is 2. The Morgan fingerprint density at radius 3 is 1.12 bits per heavy atom. The molecule has 0 fully saturated rings. The molecule has 0 atom stereocenters. The Kier molecular flexibility index (Phi) is 9.51. The molecule has 67 heavy (non-hydrogen) atoms. The number of halogens is 2. The third kappa shape index (κ3) is 6.05. The van der Waals surface area contributed by atoms with Gasteiger partial charge in [0.1, 0.15) is 11.6 Å². The van der Waals surface area contributed by atoms with Gasteiger partial charge in [0.25, 0.3) is 0 Å². The lowest BCUT2D eigenvalue weighted by molar-refractivity contribution is 0.628. The zero-order chi connectivity index (χ0) is 45.6. The quantitative estimate of drug-likeness (QED) is 0.150. The maximum absolute atomic E-state index is 16.0. The van der Waals surface area contributed by atoms with E-state index >= 15 is 8.78 Å². The molecule has 0 saturated heterocycles. The van der Waals surface area contributed by atoms with Crippen molar-refractivity contribution in [1.82, 2.24) is 0 Å². The van der Waals surface area contributed by atoms with Crippen LogP contribution in [-0.2, 0) is 5.41 Å². The first-order valence-electron chi connectivity index (χ1n) is 23.4. The van der Waals surface area contributed by atoms with Crippen LogP contribution in [0.15, 0.2) is 206 Å². The first kappa shape index (κ1) is 40.7. The summed E-state index contributed by atoms with van der Waals surface area (Å²) < 4.78 is 31.9. The lowest BCUT2D eigenvalue weighted by atomic mass is 9.67. The number of anilines is 6. The molecule has 0 heterocycles. The molecule has 0 radical (unpaired) electrons. The van der Waals surface area contributed by atoms with Gasteiger partial charge in [-0.15, -0.1) is 0 Å². The highest BCUT2D eigenvalue weighted by Crippen LogP contribution is 2.66. The van der Waals surface area contributed by atoms with Gasteiger partial charge < -0.3 is 9.80 Å². The van der Waals surface area contributed by atoms with Crippen molar-refractivity contribution in [2.45, 2.75) is 44.9 Å². The highest BCUT2D eigenvalue weighted by atomic mass is 19.1. The van der Waals surface area contributed by atoms with Gasteiger partial charge in [0.05, 0.1) is 16.8 Å². The monoisotopic (exact) mass is 870 g/mol. The Balaban J connectivity index is 1.19. The van der Waals surface area contributed by atoms with Crippen LogP contribution in [0.4, 0.5) is 42.9 Å². The molecule has 10 aromatic carbocycles. The van der Waals surface area contributed by atoms with Gasteiger partial charge in [-0.05, 0) is 174 Å². The van der Waals surface area contributed by atoms with Gasteiger partial charge in [-0.2, -0.15) is 0 Å². The zero-order valence-electron chi connectivity index (χ0n) is 37.9. The van der Waals surface area contributed by atoms with E-state index in [0.29, 0.717) is 11.4 Å². The Bertz CT molecular complexity index is 3340. The SMILES string of the molecule is CC(C)c1cc2c(c3ccc(N(c4ccccc4)c4ccccc4F)cc13)C1(c3ccccc3-c3ccccc31)c1c-2cc(C(C)C)c2cc(N(c3ccccc3)c3ccccc3F)ccc12. The summed E-state index contributed by atoms with van der Waals surface area (Å²) in [6.45, 7) is 9.12. The van der Waals surface area contributed by atoms with E-state index in [1.165, 1.54) is 78.5 Å². The predicted molar refractivity (Wildman–Crippen MR) is 275 cm³/mol. The van der Waals surface area contributed by atoms with Crippen molar-refractivity contribution in [3.8, 4) is 22.3 Å². The van der Waals surface area contributed by atoms with Crippen LogP contribution in [0.1, 0.15) is 72.9 Å². The summed E-state index contributed by atoms with van der Waals surface area (Å²) >= 11 is 0. The van der Waals surface area contributed by atoms with E-state index in [4.69, 9.17) is 0 Å². The number of rotatable bonds is 8. The molecular formula is C63H48F2N2. The molecule has 2 aliphatic carbocycles. The second-order valence-corrected chi connectivity index (χ2v) is 18.6. The molecular weight excluding hydrogens is 823 g/mol. The number of para-hydroxylation sites is 4. The first-order chi connectivity index (χ1) is 32.8. The van der Waals surface area contributed by atoms with Crippen molar-refractivity contribution in [3.63, 3.8) is 0 Å². The summed E-state index contributed by atoms with van der Waals surface area (Å²) in [6, 6.07) is 70.7. The molecule has 0 unspecified atom stereocenters. The van der Waals surface area contributed by atoms with Gasteiger partial charge in [0.15, 0.2) is 0 Å². The van der Waals surface area contributed by atoms with E-state index in [0.717, 1.165) is 33.5 Å². The normalized spacial score (nSPS) is 13.0. The molecule has 0 N–H and O–H groups in total. The predicted octanol–water partition coefficient (Wildman–Crippen LogP) is 17.8. The van der Waals surface area contributed by atoms with Gasteiger partial charge >= 0.3 is 0 Å². The second-order valence-electron chi connectivity index (χ2n) is 18.6. The fourth-order valence-corrected chi connectivity index (χ4v) is 11.5. The molecule has 1 spiro atoms. The van der Waals surface area contributed by atoms with Gasteiger partial charge in [-0.3, -0.25) is 0 Å². The summed E-state index contributed by atoms with van der Waals surface area (Å²) in [5.74, 6) is -0.204. The third-order valence-electron chi connectivity index (χ3n) is 14.3. The third-order valence-corrected chi connectivity index (χ3v) is 14.3. The molecule has 10 aromatic rings. The van der Waals surface area contributed by atoms with Gasteiger partial charge in [-0.1, -0.05) is 149 Å². The highest BCUT2D eigenvalue weighted by Gasteiger charge is 2.53. The number of fused-ring (bicyclic) bond motifs is 14. The lowest BCUT2D eigenvalue weighted by Gasteiger charge is -2.34. The highest BCUT2D eigenvalue weighted by molar-refractivity contribution is 6.11. The smallest absolute Gasteiger partial charge is 0.147 e. The Hall–Kier alpha value is -7.82. The topological polar surface area (TPSA) is 6.48 Å². The minimum Gasteiger partial charge on any atom is -0.308 e. The fraction of sp³-hybridized carbons (Fsp3) is 0.111. The number of hydrogen-bond donors (Lipinski definition) is 0.